The molecule has 2 heterocycles. The molecule has 13 nitrogen and oxygen atoms in total. The van der Waals surface area contributed by atoms with Crippen LogP contribution in [0.4, 0.5) is 16.3 Å². The van der Waals surface area contributed by atoms with E-state index in [1.54, 1.807) is 32.2 Å². The van der Waals surface area contributed by atoms with Gasteiger partial charge in [0.05, 0.1) is 11.3 Å². The van der Waals surface area contributed by atoms with Gasteiger partial charge in [0.15, 0.2) is 5.82 Å². The Morgan fingerprint density at radius 1 is 1.23 bits per heavy atom. The first-order valence-electron chi connectivity index (χ1n) is 12.4. The minimum atomic E-state index is -3.92. The van der Waals surface area contributed by atoms with Crippen LogP contribution >= 0.6 is 7.60 Å². The van der Waals surface area contributed by atoms with Crippen molar-refractivity contribution in [3.63, 3.8) is 0 Å². The number of rotatable bonds is 10. The van der Waals surface area contributed by atoms with Gasteiger partial charge in [-0.15, -0.1) is 0 Å². The second-order valence-corrected chi connectivity index (χ2v) is 11.2. The van der Waals surface area contributed by atoms with Gasteiger partial charge in [0.2, 0.25) is 6.79 Å². The topological polar surface area (TPSA) is 164 Å². The molecule has 1 saturated carbocycles. The zero-order valence-corrected chi connectivity index (χ0v) is 23.0. The molecular formula is C25H31N6O7P. The summed E-state index contributed by atoms with van der Waals surface area (Å²) in [7, 11) is -3.92. The van der Waals surface area contributed by atoms with Gasteiger partial charge >= 0.3 is 13.7 Å². The molecule has 39 heavy (non-hydrogen) atoms. The van der Waals surface area contributed by atoms with E-state index in [-0.39, 0.29) is 29.4 Å². The summed E-state index contributed by atoms with van der Waals surface area (Å²) in [6.45, 7) is 6.05. The molecule has 3 amide bonds. The van der Waals surface area contributed by atoms with Crippen LogP contribution in [0.3, 0.4) is 0 Å². The summed E-state index contributed by atoms with van der Waals surface area (Å²) in [5.41, 5.74) is 2.44. The highest BCUT2D eigenvalue weighted by molar-refractivity contribution is 7.51. The Balaban J connectivity index is 1.81. The second kappa shape index (κ2) is 11.5. The van der Waals surface area contributed by atoms with Crippen LogP contribution < -0.4 is 15.5 Å². The predicted octanol–water partition coefficient (Wildman–Crippen LogP) is 3.44. The van der Waals surface area contributed by atoms with E-state index in [0.29, 0.717) is 34.3 Å². The molecule has 3 aromatic rings. The Morgan fingerprint density at radius 2 is 1.97 bits per heavy atom. The quantitative estimate of drug-likeness (QED) is 0.250. The Kier molecular flexibility index (Phi) is 8.34. The lowest BCUT2D eigenvalue weighted by Crippen LogP contribution is -2.30. The molecule has 3 N–H and O–H groups in total. The van der Waals surface area contributed by atoms with Crippen LogP contribution in [0.1, 0.15) is 58.0 Å². The van der Waals surface area contributed by atoms with Crippen molar-refractivity contribution in [2.75, 3.05) is 24.9 Å². The number of nitrogens with one attached hydrogen (secondary N) is 2. The molecule has 4 rings (SSSR count). The highest BCUT2D eigenvalue weighted by Crippen LogP contribution is 2.37. The number of anilines is 2. The van der Waals surface area contributed by atoms with Crippen molar-refractivity contribution in [2.24, 2.45) is 0 Å². The average molecular weight is 559 g/mol. The van der Waals surface area contributed by atoms with Gasteiger partial charge in [0.25, 0.3) is 11.8 Å². The van der Waals surface area contributed by atoms with Crippen LogP contribution in [0.25, 0.3) is 5.52 Å². The summed E-state index contributed by atoms with van der Waals surface area (Å²) in [4.78, 5) is 54.0. The van der Waals surface area contributed by atoms with E-state index in [2.05, 4.69) is 20.7 Å². The third-order valence-corrected chi connectivity index (χ3v) is 6.67. The van der Waals surface area contributed by atoms with Gasteiger partial charge in [-0.2, -0.15) is 5.10 Å². The number of nitrogens with zero attached hydrogens (tertiary/aromatic N) is 4. The first-order chi connectivity index (χ1) is 18.5. The first-order valence-corrected chi connectivity index (χ1v) is 14.5. The van der Waals surface area contributed by atoms with Gasteiger partial charge in [0, 0.05) is 31.0 Å². The molecule has 14 heteroatoms. The second-order valence-electron chi connectivity index (χ2n) is 9.35. The van der Waals surface area contributed by atoms with Crippen molar-refractivity contribution in [1.29, 1.82) is 0 Å². The van der Waals surface area contributed by atoms with E-state index in [9.17, 15) is 23.8 Å². The van der Waals surface area contributed by atoms with Gasteiger partial charge in [-0.1, -0.05) is 13.0 Å². The molecule has 0 bridgehead atoms. The maximum absolute atomic E-state index is 13.5. The third-order valence-electron chi connectivity index (χ3n) is 6.08. The van der Waals surface area contributed by atoms with E-state index >= 15 is 0 Å². The minimum Gasteiger partial charge on any atom is -0.421 e. The fourth-order valence-corrected chi connectivity index (χ4v) is 4.14. The summed E-state index contributed by atoms with van der Waals surface area (Å²) in [5, 5.41) is 9.96. The van der Waals surface area contributed by atoms with E-state index < -0.39 is 20.5 Å². The number of hydrogen-bond donors (Lipinski definition) is 3. The third kappa shape index (κ3) is 6.62. The maximum atomic E-state index is 13.5. The SMILES string of the molecule is CCCNC(=O)c1cn2ncnc(N(C(=O)OCOP(C)(=O)O)c3cc(C(=O)NC4CC4)ccc3C)c2c1C. The van der Waals surface area contributed by atoms with Gasteiger partial charge in [-0.3, -0.25) is 18.7 Å². The average Bonchev–Trinajstić information content (AvgIpc) is 3.63. The van der Waals surface area contributed by atoms with Crippen molar-refractivity contribution in [1.82, 2.24) is 25.2 Å². The molecule has 1 atom stereocenters. The number of aromatic nitrogens is 3. The van der Waals surface area contributed by atoms with Crippen LogP contribution in [-0.4, -0.2) is 63.4 Å². The van der Waals surface area contributed by atoms with E-state index in [4.69, 9.17) is 9.26 Å². The number of ether oxygens (including phenoxy) is 1. The summed E-state index contributed by atoms with van der Waals surface area (Å²) < 4.78 is 22.9. The van der Waals surface area contributed by atoms with Crippen molar-refractivity contribution >= 4 is 42.5 Å². The molecule has 1 aliphatic rings. The Labute approximate surface area is 225 Å². The largest absolute Gasteiger partial charge is 0.422 e. The predicted molar refractivity (Wildman–Crippen MR) is 142 cm³/mol. The number of fused-ring (bicyclic) bond motifs is 1. The molecule has 208 valence electrons. The minimum absolute atomic E-state index is 0.0774. The summed E-state index contributed by atoms with van der Waals surface area (Å²) in [6.07, 6.45) is 4.36. The van der Waals surface area contributed by atoms with Crippen molar-refractivity contribution < 1.29 is 33.1 Å². The number of carbonyl (C=O) groups excluding carboxylic acids is 3. The number of aryl methyl sites for hydroxylation is 2. The van der Waals surface area contributed by atoms with Crippen LogP contribution in [0.2, 0.25) is 0 Å². The summed E-state index contributed by atoms with van der Waals surface area (Å²) >= 11 is 0. The van der Waals surface area contributed by atoms with E-state index in [1.165, 1.54) is 16.9 Å². The first kappa shape index (κ1) is 28.2. The molecule has 0 saturated heterocycles. The molecule has 0 spiro atoms. The van der Waals surface area contributed by atoms with Gasteiger partial charge in [0.1, 0.15) is 11.8 Å². The maximum Gasteiger partial charge on any atom is 0.422 e. The number of amides is 3. The Bertz CT molecular complexity index is 1460. The number of benzene rings is 1. The lowest BCUT2D eigenvalue weighted by atomic mass is 10.1. The normalized spacial score (nSPS) is 14.5. The highest BCUT2D eigenvalue weighted by Gasteiger charge is 2.30. The van der Waals surface area contributed by atoms with Crippen molar-refractivity contribution in [3.05, 3.63) is 53.0 Å². The number of carbonyl (C=O) groups is 3. The fraction of sp³-hybridized carbons (Fsp3) is 0.400. The molecule has 0 radical (unpaired) electrons. The zero-order chi connectivity index (χ0) is 28.3. The van der Waals surface area contributed by atoms with Crippen molar-refractivity contribution in [2.45, 2.75) is 46.1 Å². The smallest absolute Gasteiger partial charge is 0.421 e. The zero-order valence-electron chi connectivity index (χ0n) is 22.1. The molecule has 2 aromatic heterocycles. The monoisotopic (exact) mass is 558 g/mol. The van der Waals surface area contributed by atoms with Crippen LogP contribution in [0, 0.1) is 13.8 Å². The Morgan fingerprint density at radius 3 is 2.64 bits per heavy atom. The van der Waals surface area contributed by atoms with Gasteiger partial charge in [-0.25, -0.2) is 19.2 Å². The van der Waals surface area contributed by atoms with Crippen LogP contribution in [-0.2, 0) is 13.8 Å². The van der Waals surface area contributed by atoms with Crippen LogP contribution in [0.5, 0.6) is 0 Å². The molecule has 1 aromatic carbocycles. The molecular weight excluding hydrogens is 527 g/mol. The van der Waals surface area contributed by atoms with Crippen molar-refractivity contribution in [3.8, 4) is 0 Å². The lowest BCUT2D eigenvalue weighted by molar-refractivity contribution is 0.0594. The standard InChI is InChI=1S/C25H31N6O7P/c1-5-10-26-24(33)19-12-30-21(16(19)3)22(27-13-28-30)31(25(34)37-14-38-39(4,35)36)20-11-17(7-6-15(20)2)23(32)29-18-8-9-18/h6-7,11-13,18H,5,8-10,14H2,1-4H3,(H,26,33)(H,29,32)(H,35,36). The molecule has 1 aliphatic carbocycles. The van der Waals surface area contributed by atoms with E-state index in [0.717, 1.165) is 30.8 Å². The fourth-order valence-electron chi connectivity index (χ4n) is 3.89. The highest BCUT2D eigenvalue weighted by atomic mass is 31.2. The van der Waals surface area contributed by atoms with Crippen LogP contribution in [0.15, 0.2) is 30.7 Å². The number of hydrogen-bond acceptors (Lipinski definition) is 8. The van der Waals surface area contributed by atoms with Gasteiger partial charge in [-0.05, 0) is 56.4 Å². The molecule has 1 fully saturated rings. The lowest BCUT2D eigenvalue weighted by Gasteiger charge is -2.24. The summed E-state index contributed by atoms with van der Waals surface area (Å²) in [5.74, 6) is -0.511. The Hall–Kier alpha value is -3.80. The molecule has 1 unspecified atom stereocenters. The molecule has 0 aliphatic heterocycles. The van der Waals surface area contributed by atoms with E-state index in [1.807, 2.05) is 6.92 Å². The van der Waals surface area contributed by atoms with Gasteiger partial charge < -0.3 is 20.3 Å². The summed E-state index contributed by atoms with van der Waals surface area (Å²) in [6, 6.07) is 5.01.